The minimum absolute atomic E-state index is 0.150. The second-order valence-electron chi connectivity index (χ2n) is 12.1. The van der Waals surface area contributed by atoms with Gasteiger partial charge in [-0.1, -0.05) is 90.1 Å². The fourth-order valence-corrected chi connectivity index (χ4v) is 5.63. The van der Waals surface area contributed by atoms with Crippen LogP contribution in [0.15, 0.2) is 84.9 Å². The van der Waals surface area contributed by atoms with Gasteiger partial charge in [0, 0.05) is 22.3 Å². The summed E-state index contributed by atoms with van der Waals surface area (Å²) in [7, 11) is -0.401. The molecule has 4 nitrogen and oxygen atoms in total. The maximum Gasteiger partial charge on any atom is 0.275 e. The molecule has 40 heavy (non-hydrogen) atoms. The summed E-state index contributed by atoms with van der Waals surface area (Å²) in [5.74, 6) is 3.19. The Kier molecular flexibility index (Phi) is 9.44. The fraction of sp³-hybridized carbons (Fsp3) is 0.294. The number of rotatable bonds is 9. The Balaban J connectivity index is 1.82. The highest BCUT2D eigenvalue weighted by Gasteiger charge is 2.28. The van der Waals surface area contributed by atoms with E-state index < -0.39 is 0 Å². The largest absolute Gasteiger partial charge is 0.441 e. The maximum atomic E-state index is 6.52. The summed E-state index contributed by atoms with van der Waals surface area (Å²) in [6.07, 6.45) is 0. The van der Waals surface area contributed by atoms with Crippen LogP contribution in [0, 0.1) is 13.8 Å². The van der Waals surface area contributed by atoms with E-state index in [0.717, 1.165) is 56.4 Å². The summed E-state index contributed by atoms with van der Waals surface area (Å²) < 4.78 is 25.0. The van der Waals surface area contributed by atoms with Crippen molar-refractivity contribution in [3.8, 4) is 34.1 Å². The van der Waals surface area contributed by atoms with E-state index in [1.165, 1.54) is 0 Å². The number of benzene rings is 4. The van der Waals surface area contributed by atoms with E-state index in [4.69, 9.17) is 18.1 Å². The summed E-state index contributed by atoms with van der Waals surface area (Å²) in [6.45, 7) is 17.5. The molecule has 0 heterocycles. The van der Waals surface area contributed by atoms with Crippen molar-refractivity contribution in [2.45, 2.75) is 66.2 Å². The zero-order valence-electron chi connectivity index (χ0n) is 24.7. The van der Waals surface area contributed by atoms with Gasteiger partial charge in [0.1, 0.15) is 23.0 Å². The Morgan fingerprint density at radius 3 is 1.15 bits per heavy atom. The first-order valence-electron chi connectivity index (χ1n) is 13.5. The molecule has 0 radical (unpaired) electrons. The van der Waals surface area contributed by atoms with E-state index in [9.17, 15) is 0 Å². The van der Waals surface area contributed by atoms with Crippen molar-refractivity contribution in [1.82, 2.24) is 0 Å². The average molecular weight is 575 g/mol. The standard InChI is InChI=1S/C34H40O4P2/c1-23-19-27(31(29(21-23)33(3,4)5)37-39-35-25-15-11-9-12-16-25)28-20-24(2)22-30(34(6,7)8)32(28)38-40-36-26-17-13-10-14-18-26/h9-22,39-40H,1-8H3. The van der Waals surface area contributed by atoms with Crippen molar-refractivity contribution in [3.05, 3.63) is 107 Å². The molecular formula is C34H40O4P2. The molecule has 0 spiro atoms. The zero-order valence-corrected chi connectivity index (χ0v) is 26.7. The van der Waals surface area contributed by atoms with Gasteiger partial charge in [-0.3, -0.25) is 0 Å². The molecule has 0 bridgehead atoms. The first-order valence-corrected chi connectivity index (χ1v) is 15.1. The van der Waals surface area contributed by atoms with Crippen molar-refractivity contribution in [1.29, 1.82) is 0 Å². The molecule has 2 unspecified atom stereocenters. The van der Waals surface area contributed by atoms with Crippen LogP contribution in [0.5, 0.6) is 23.0 Å². The molecule has 0 saturated carbocycles. The highest BCUT2D eigenvalue weighted by molar-refractivity contribution is 7.27. The summed E-state index contributed by atoms with van der Waals surface area (Å²) in [5, 5.41) is 0. The van der Waals surface area contributed by atoms with E-state index in [2.05, 4.69) is 79.7 Å². The van der Waals surface area contributed by atoms with Crippen LogP contribution in [0.4, 0.5) is 0 Å². The molecule has 0 aromatic heterocycles. The van der Waals surface area contributed by atoms with Gasteiger partial charge >= 0.3 is 0 Å². The molecule has 4 aromatic rings. The lowest BCUT2D eigenvalue weighted by Gasteiger charge is -2.28. The molecule has 0 aliphatic carbocycles. The maximum absolute atomic E-state index is 6.52. The van der Waals surface area contributed by atoms with Crippen molar-refractivity contribution in [2.24, 2.45) is 0 Å². The lowest BCUT2D eigenvalue weighted by molar-refractivity contribution is 0.488. The minimum Gasteiger partial charge on any atom is -0.441 e. The average Bonchev–Trinajstić information content (AvgIpc) is 2.90. The van der Waals surface area contributed by atoms with Crippen LogP contribution >= 0.6 is 18.1 Å². The molecule has 0 aliphatic heterocycles. The number of hydrogen-bond donors (Lipinski definition) is 0. The van der Waals surface area contributed by atoms with Crippen LogP contribution < -0.4 is 18.1 Å². The summed E-state index contributed by atoms with van der Waals surface area (Å²) in [6, 6.07) is 28.3. The Labute approximate surface area is 243 Å². The molecular weight excluding hydrogens is 534 g/mol. The van der Waals surface area contributed by atoms with E-state index in [1.807, 2.05) is 60.7 Å². The second kappa shape index (κ2) is 12.6. The normalized spacial score (nSPS) is 12.3. The van der Waals surface area contributed by atoms with Gasteiger partial charge in [0.25, 0.3) is 18.1 Å². The highest BCUT2D eigenvalue weighted by atomic mass is 31.1. The fourth-order valence-electron chi connectivity index (χ4n) is 4.48. The van der Waals surface area contributed by atoms with Crippen molar-refractivity contribution in [2.75, 3.05) is 0 Å². The monoisotopic (exact) mass is 574 g/mol. The Morgan fingerprint density at radius 1 is 0.475 bits per heavy atom. The Morgan fingerprint density at radius 2 is 0.825 bits per heavy atom. The summed E-state index contributed by atoms with van der Waals surface area (Å²) in [4.78, 5) is 0. The van der Waals surface area contributed by atoms with E-state index in [1.54, 1.807) is 0 Å². The molecule has 0 saturated heterocycles. The third-order valence-electron chi connectivity index (χ3n) is 6.47. The molecule has 0 fully saturated rings. The first-order chi connectivity index (χ1) is 18.9. The summed E-state index contributed by atoms with van der Waals surface area (Å²) >= 11 is 0. The first kappa shape index (κ1) is 29.9. The van der Waals surface area contributed by atoms with Crippen LogP contribution in [-0.2, 0) is 10.8 Å². The predicted molar refractivity (Wildman–Crippen MR) is 171 cm³/mol. The van der Waals surface area contributed by atoms with Crippen molar-refractivity contribution in [3.63, 3.8) is 0 Å². The number of hydrogen-bond acceptors (Lipinski definition) is 4. The highest BCUT2D eigenvalue weighted by Crippen LogP contribution is 2.49. The van der Waals surface area contributed by atoms with Crippen LogP contribution in [0.2, 0.25) is 0 Å². The molecule has 0 aliphatic rings. The molecule has 4 rings (SSSR count). The van der Waals surface area contributed by atoms with Gasteiger partial charge in [-0.2, -0.15) is 0 Å². The Hall–Kier alpha value is -3.06. The van der Waals surface area contributed by atoms with Gasteiger partial charge in [-0.15, -0.1) is 0 Å². The molecule has 210 valence electrons. The third kappa shape index (κ3) is 7.57. The van der Waals surface area contributed by atoms with Gasteiger partial charge < -0.3 is 18.1 Å². The van der Waals surface area contributed by atoms with Crippen LogP contribution in [0.25, 0.3) is 11.1 Å². The van der Waals surface area contributed by atoms with Crippen LogP contribution in [0.3, 0.4) is 0 Å². The number of aryl methyl sites for hydroxylation is 2. The SMILES string of the molecule is Cc1cc(-c2cc(C)cc(C(C)(C)C)c2OPOc2ccccc2)c(OPOc2ccccc2)c(C(C)(C)C)c1. The second-order valence-corrected chi connectivity index (χ2v) is 13.2. The Bertz CT molecular complexity index is 1310. The molecule has 4 aromatic carbocycles. The van der Waals surface area contributed by atoms with Gasteiger partial charge in [-0.25, -0.2) is 0 Å². The third-order valence-corrected chi connectivity index (χ3v) is 7.68. The summed E-state index contributed by atoms with van der Waals surface area (Å²) in [5.41, 5.74) is 6.25. The van der Waals surface area contributed by atoms with Gasteiger partial charge in [-0.05, 0) is 72.2 Å². The minimum atomic E-state index is -0.201. The molecule has 0 amide bonds. The van der Waals surface area contributed by atoms with E-state index >= 15 is 0 Å². The van der Waals surface area contributed by atoms with Crippen molar-refractivity contribution < 1.29 is 18.1 Å². The lowest BCUT2D eigenvalue weighted by atomic mass is 9.80. The van der Waals surface area contributed by atoms with Crippen molar-refractivity contribution >= 4 is 18.1 Å². The quantitative estimate of drug-likeness (QED) is 0.186. The predicted octanol–water partition coefficient (Wildman–Crippen LogP) is 10.5. The zero-order chi connectivity index (χ0) is 28.9. The lowest BCUT2D eigenvalue weighted by Crippen LogP contribution is -2.15. The van der Waals surface area contributed by atoms with E-state index in [0.29, 0.717) is 0 Å². The molecule has 2 atom stereocenters. The van der Waals surface area contributed by atoms with E-state index in [-0.39, 0.29) is 28.9 Å². The van der Waals surface area contributed by atoms with Crippen LogP contribution in [-0.4, -0.2) is 0 Å². The van der Waals surface area contributed by atoms with Gasteiger partial charge in [0.05, 0.1) is 0 Å². The molecule has 0 N–H and O–H groups in total. The number of para-hydroxylation sites is 2. The molecule has 6 heteroatoms. The van der Waals surface area contributed by atoms with Gasteiger partial charge in [0.15, 0.2) is 0 Å². The van der Waals surface area contributed by atoms with Gasteiger partial charge in [0.2, 0.25) is 0 Å². The smallest absolute Gasteiger partial charge is 0.275 e. The van der Waals surface area contributed by atoms with Crippen LogP contribution in [0.1, 0.15) is 63.8 Å². The topological polar surface area (TPSA) is 36.9 Å².